The number of benzene rings is 2. The molecule has 3 aromatic rings. The first-order chi connectivity index (χ1) is 13.5. The van der Waals surface area contributed by atoms with Crippen LogP contribution in [0.3, 0.4) is 0 Å². The molecule has 2 heterocycles. The Bertz CT molecular complexity index is 1090. The summed E-state index contributed by atoms with van der Waals surface area (Å²) in [6.07, 6.45) is 3.53. The maximum absolute atomic E-state index is 11.2. The van der Waals surface area contributed by atoms with Crippen LogP contribution in [0.4, 0.5) is 11.6 Å². The molecule has 7 nitrogen and oxygen atoms in total. The van der Waals surface area contributed by atoms with Crippen LogP contribution in [0.2, 0.25) is 0 Å². The number of carboxylic acid groups (broad SMARTS) is 1. The third kappa shape index (κ3) is 3.95. The highest BCUT2D eigenvalue weighted by Gasteiger charge is 2.18. The van der Waals surface area contributed by atoms with E-state index in [1.165, 1.54) is 0 Å². The highest BCUT2D eigenvalue weighted by Crippen LogP contribution is 2.26. The number of hydrazone groups is 1. The van der Waals surface area contributed by atoms with E-state index in [1.807, 2.05) is 48.6 Å². The number of nitrogens with zero attached hydrogens (tertiary/aromatic N) is 4. The maximum Gasteiger partial charge on any atom is 0.307 e. The van der Waals surface area contributed by atoms with Crippen molar-refractivity contribution >= 4 is 48.0 Å². The van der Waals surface area contributed by atoms with Crippen molar-refractivity contribution in [3.8, 4) is 0 Å². The summed E-state index contributed by atoms with van der Waals surface area (Å²) in [5, 5.41) is 19.4. The smallest absolute Gasteiger partial charge is 0.307 e. The Morgan fingerprint density at radius 2 is 2.18 bits per heavy atom. The van der Waals surface area contributed by atoms with Crippen molar-refractivity contribution in [3.63, 3.8) is 0 Å². The van der Waals surface area contributed by atoms with Gasteiger partial charge in [0.2, 0.25) is 5.95 Å². The number of aliphatic carboxylic acids is 1. The van der Waals surface area contributed by atoms with Crippen LogP contribution in [0, 0.1) is 0 Å². The summed E-state index contributed by atoms with van der Waals surface area (Å²) in [6, 6.07) is 11.2. The normalized spacial score (nSPS) is 15.9. The lowest BCUT2D eigenvalue weighted by Crippen LogP contribution is -2.13. The summed E-state index contributed by atoms with van der Waals surface area (Å²) < 4.78 is 0. The minimum atomic E-state index is -0.875. The van der Waals surface area contributed by atoms with Crippen LogP contribution in [0.25, 0.3) is 10.9 Å². The monoisotopic (exact) mass is 371 g/mol. The van der Waals surface area contributed by atoms with Crippen LogP contribution in [-0.4, -0.2) is 53.7 Å². The van der Waals surface area contributed by atoms with Gasteiger partial charge in [0.1, 0.15) is 7.85 Å². The lowest BCUT2D eigenvalue weighted by atomic mass is 9.95. The molecule has 138 valence electrons. The summed E-state index contributed by atoms with van der Waals surface area (Å²) in [5.74, 6) is -0.326. The largest absolute Gasteiger partial charge is 0.481 e. The van der Waals surface area contributed by atoms with Gasteiger partial charge in [0.15, 0.2) is 0 Å². The predicted octanol–water partition coefficient (Wildman–Crippen LogP) is 1.81. The number of rotatable bonds is 5. The molecule has 2 aromatic carbocycles. The number of nitrogens with one attached hydrogen (secondary N) is 1. The lowest BCUT2D eigenvalue weighted by molar-refractivity contribution is -0.136. The molecule has 0 amide bonds. The summed E-state index contributed by atoms with van der Waals surface area (Å²) in [5.41, 5.74) is 3.89. The Kier molecular flexibility index (Phi) is 4.69. The third-order valence-electron chi connectivity index (χ3n) is 4.56. The SMILES string of the molecule is [B]c1ccc2nc(Nc3cc(CC(=O)O)cc(C4C=NN(C)C4)c3)ncc2c1. The van der Waals surface area contributed by atoms with E-state index in [0.29, 0.717) is 17.0 Å². The van der Waals surface area contributed by atoms with Crippen LogP contribution >= 0.6 is 0 Å². The third-order valence-corrected chi connectivity index (χ3v) is 4.56. The number of likely N-dealkylation sites (N-methyl/N-ethyl adjacent to an activating group) is 1. The standard InChI is InChI=1S/C20H18BN5O2/c1-26-11-15(10-23-26)13-4-12(6-19(27)28)5-17(8-13)24-20-22-9-14-7-16(21)2-3-18(14)25-20/h2-5,7-10,15H,6,11H2,1H3,(H,27,28)(H,22,24,25). The van der Waals surface area contributed by atoms with Crippen molar-refractivity contribution in [2.45, 2.75) is 12.3 Å². The van der Waals surface area contributed by atoms with Gasteiger partial charge in [0.05, 0.1) is 11.9 Å². The predicted molar refractivity (Wildman–Crippen MR) is 110 cm³/mol. The van der Waals surface area contributed by atoms with Crippen molar-refractivity contribution in [1.82, 2.24) is 15.0 Å². The molecule has 1 aromatic heterocycles. The van der Waals surface area contributed by atoms with E-state index in [1.54, 1.807) is 12.3 Å². The molecule has 1 atom stereocenters. The van der Waals surface area contributed by atoms with Gasteiger partial charge < -0.3 is 10.4 Å². The van der Waals surface area contributed by atoms with Crippen molar-refractivity contribution in [3.05, 3.63) is 53.7 Å². The van der Waals surface area contributed by atoms with Crippen LogP contribution < -0.4 is 10.8 Å². The van der Waals surface area contributed by atoms with Gasteiger partial charge in [-0.2, -0.15) is 5.10 Å². The van der Waals surface area contributed by atoms with E-state index in [-0.39, 0.29) is 12.3 Å². The molecule has 0 fully saturated rings. The Morgan fingerprint density at radius 3 is 2.93 bits per heavy atom. The second-order valence-corrected chi connectivity index (χ2v) is 6.88. The van der Waals surface area contributed by atoms with Gasteiger partial charge in [-0.3, -0.25) is 9.80 Å². The molecule has 0 bridgehead atoms. The molecule has 1 aliphatic rings. The molecule has 0 aliphatic carbocycles. The molecule has 0 saturated heterocycles. The zero-order valence-corrected chi connectivity index (χ0v) is 15.3. The summed E-state index contributed by atoms with van der Waals surface area (Å²) in [4.78, 5) is 20.1. The minimum absolute atomic E-state index is 0.0555. The van der Waals surface area contributed by atoms with Gasteiger partial charge in [0, 0.05) is 43.0 Å². The molecule has 2 radical (unpaired) electrons. The molecule has 8 heteroatoms. The Morgan fingerprint density at radius 1 is 1.32 bits per heavy atom. The second-order valence-electron chi connectivity index (χ2n) is 6.88. The summed E-state index contributed by atoms with van der Waals surface area (Å²) in [7, 11) is 7.70. The first-order valence-corrected chi connectivity index (χ1v) is 8.86. The first kappa shape index (κ1) is 18.0. The number of aromatic nitrogens is 2. The topological polar surface area (TPSA) is 90.7 Å². The van der Waals surface area contributed by atoms with E-state index in [0.717, 1.165) is 28.7 Å². The van der Waals surface area contributed by atoms with Crippen molar-refractivity contribution < 1.29 is 9.90 Å². The van der Waals surface area contributed by atoms with E-state index < -0.39 is 5.97 Å². The van der Waals surface area contributed by atoms with Crippen LogP contribution in [-0.2, 0) is 11.2 Å². The average Bonchev–Trinajstić information content (AvgIpc) is 3.07. The number of fused-ring (bicyclic) bond motifs is 1. The quantitative estimate of drug-likeness (QED) is 0.665. The fraction of sp³-hybridized carbons (Fsp3) is 0.200. The minimum Gasteiger partial charge on any atom is -0.481 e. The highest BCUT2D eigenvalue weighted by molar-refractivity contribution is 6.33. The Balaban J connectivity index is 1.66. The fourth-order valence-electron chi connectivity index (χ4n) is 3.29. The van der Waals surface area contributed by atoms with Crippen LogP contribution in [0.15, 0.2) is 47.7 Å². The summed E-state index contributed by atoms with van der Waals surface area (Å²) >= 11 is 0. The second kappa shape index (κ2) is 7.30. The molecule has 1 unspecified atom stereocenters. The van der Waals surface area contributed by atoms with Gasteiger partial charge in [0.25, 0.3) is 0 Å². The van der Waals surface area contributed by atoms with Gasteiger partial charge in [-0.25, -0.2) is 9.97 Å². The lowest BCUT2D eigenvalue weighted by Gasteiger charge is -2.14. The molecule has 28 heavy (non-hydrogen) atoms. The van der Waals surface area contributed by atoms with Gasteiger partial charge in [-0.05, 0) is 29.3 Å². The van der Waals surface area contributed by atoms with Crippen LogP contribution in [0.5, 0.6) is 0 Å². The first-order valence-electron chi connectivity index (χ1n) is 8.86. The van der Waals surface area contributed by atoms with E-state index in [4.69, 9.17) is 7.85 Å². The number of carboxylic acids is 1. The van der Waals surface area contributed by atoms with E-state index in [2.05, 4.69) is 20.4 Å². The zero-order chi connectivity index (χ0) is 19.7. The highest BCUT2D eigenvalue weighted by atomic mass is 16.4. The molecular formula is C20H18BN5O2. The van der Waals surface area contributed by atoms with Crippen molar-refractivity contribution in [2.24, 2.45) is 5.10 Å². The van der Waals surface area contributed by atoms with E-state index >= 15 is 0 Å². The molecule has 4 rings (SSSR count). The van der Waals surface area contributed by atoms with Gasteiger partial charge in [-0.1, -0.05) is 23.7 Å². The van der Waals surface area contributed by atoms with Gasteiger partial charge in [-0.15, -0.1) is 0 Å². The number of anilines is 2. The fourth-order valence-corrected chi connectivity index (χ4v) is 3.29. The molecule has 0 saturated carbocycles. The summed E-state index contributed by atoms with van der Waals surface area (Å²) in [6.45, 7) is 0.754. The van der Waals surface area contributed by atoms with Crippen molar-refractivity contribution in [2.75, 3.05) is 18.9 Å². The molecule has 0 spiro atoms. The number of carbonyl (C=O) groups is 1. The molecular weight excluding hydrogens is 353 g/mol. The Hall–Kier alpha value is -3.42. The molecule has 1 aliphatic heterocycles. The zero-order valence-electron chi connectivity index (χ0n) is 15.3. The average molecular weight is 371 g/mol. The van der Waals surface area contributed by atoms with Crippen molar-refractivity contribution in [1.29, 1.82) is 0 Å². The maximum atomic E-state index is 11.2. The number of hydrogen-bond acceptors (Lipinski definition) is 6. The number of hydrogen-bond donors (Lipinski definition) is 2. The van der Waals surface area contributed by atoms with E-state index in [9.17, 15) is 9.90 Å². The molecule has 2 N–H and O–H groups in total. The van der Waals surface area contributed by atoms with Crippen LogP contribution in [0.1, 0.15) is 17.0 Å². The Labute approximate surface area is 163 Å². The van der Waals surface area contributed by atoms with Gasteiger partial charge >= 0.3 is 5.97 Å².